The van der Waals surface area contributed by atoms with E-state index < -0.39 is 0 Å². The standard InChI is InChI=1S/C16H20N4O4S/c1-21-11-7-6-10(13(22-2)14(11)23-3)9-17-20-15(18-19-16(20)25)12-5-4-8-24-12/h6-7,9,12H,4-5,8H2,1-3H3,(H,19,25)/b17-9-/t12-/m0/s1. The van der Waals surface area contributed by atoms with Crippen LogP contribution in [0.3, 0.4) is 0 Å². The number of aromatic amines is 1. The Labute approximate surface area is 150 Å². The van der Waals surface area contributed by atoms with Gasteiger partial charge in [0.15, 0.2) is 17.3 Å². The van der Waals surface area contributed by atoms with Crippen molar-refractivity contribution in [2.24, 2.45) is 5.10 Å². The van der Waals surface area contributed by atoms with Crippen LogP contribution in [0.25, 0.3) is 0 Å². The lowest BCUT2D eigenvalue weighted by molar-refractivity contribution is 0.102. The number of nitrogens with one attached hydrogen (secondary N) is 1. The minimum atomic E-state index is -0.0996. The Bertz CT molecular complexity index is 824. The predicted octanol–water partition coefficient (Wildman–Crippen LogP) is 2.70. The third-order valence-corrected chi connectivity index (χ3v) is 4.20. The van der Waals surface area contributed by atoms with Gasteiger partial charge in [0, 0.05) is 12.2 Å². The van der Waals surface area contributed by atoms with Crippen LogP contribution in [-0.4, -0.2) is 49.0 Å². The van der Waals surface area contributed by atoms with Gasteiger partial charge in [0.25, 0.3) is 0 Å². The van der Waals surface area contributed by atoms with Crippen molar-refractivity contribution in [1.82, 2.24) is 14.9 Å². The van der Waals surface area contributed by atoms with Crippen LogP contribution in [-0.2, 0) is 4.74 Å². The number of aromatic nitrogens is 3. The van der Waals surface area contributed by atoms with Crippen LogP contribution >= 0.6 is 12.2 Å². The molecular weight excluding hydrogens is 344 g/mol. The molecule has 3 rings (SSSR count). The van der Waals surface area contributed by atoms with E-state index in [9.17, 15) is 0 Å². The van der Waals surface area contributed by atoms with Crippen molar-refractivity contribution in [3.63, 3.8) is 0 Å². The number of benzene rings is 1. The van der Waals surface area contributed by atoms with E-state index in [0.717, 1.165) is 25.0 Å². The number of hydrogen-bond acceptors (Lipinski definition) is 7. The summed E-state index contributed by atoms with van der Waals surface area (Å²) in [5, 5.41) is 11.5. The van der Waals surface area contributed by atoms with Gasteiger partial charge < -0.3 is 18.9 Å². The molecule has 1 aliphatic rings. The molecule has 1 N–H and O–H groups in total. The zero-order valence-corrected chi connectivity index (χ0v) is 15.1. The summed E-state index contributed by atoms with van der Waals surface area (Å²) in [6.45, 7) is 0.720. The maximum atomic E-state index is 5.67. The number of nitrogens with zero attached hydrogens (tertiary/aromatic N) is 3. The number of ether oxygens (including phenoxy) is 4. The third-order valence-electron chi connectivity index (χ3n) is 3.94. The molecule has 1 atom stereocenters. The molecule has 2 aromatic rings. The second kappa shape index (κ2) is 7.66. The van der Waals surface area contributed by atoms with Gasteiger partial charge in [-0.1, -0.05) is 0 Å². The second-order valence-corrected chi connectivity index (χ2v) is 5.76. The molecule has 1 aliphatic heterocycles. The Balaban J connectivity index is 1.98. The molecular formula is C16H20N4O4S. The highest BCUT2D eigenvalue weighted by atomic mass is 32.1. The molecule has 0 spiro atoms. The van der Waals surface area contributed by atoms with Crippen LogP contribution in [0.5, 0.6) is 17.2 Å². The summed E-state index contributed by atoms with van der Waals surface area (Å²) < 4.78 is 23.8. The average Bonchev–Trinajstić information content (AvgIpc) is 3.28. The van der Waals surface area contributed by atoms with E-state index in [2.05, 4.69) is 15.3 Å². The van der Waals surface area contributed by atoms with Crippen LogP contribution in [0.1, 0.15) is 30.3 Å². The number of hydrogen-bond donors (Lipinski definition) is 1. The molecule has 1 saturated heterocycles. The number of methoxy groups -OCH3 is 3. The zero-order valence-electron chi connectivity index (χ0n) is 14.3. The number of rotatable bonds is 6. The van der Waals surface area contributed by atoms with E-state index >= 15 is 0 Å². The van der Waals surface area contributed by atoms with Crippen molar-refractivity contribution in [1.29, 1.82) is 0 Å². The Morgan fingerprint density at radius 1 is 1.28 bits per heavy atom. The molecule has 25 heavy (non-hydrogen) atoms. The summed E-state index contributed by atoms with van der Waals surface area (Å²) in [7, 11) is 4.70. The SMILES string of the molecule is COc1ccc(/C=N\n2c([C@@H]3CCCO3)n[nH]c2=S)c(OC)c1OC. The van der Waals surface area contributed by atoms with Gasteiger partial charge in [-0.25, -0.2) is 0 Å². The molecule has 9 heteroatoms. The van der Waals surface area contributed by atoms with Crippen LogP contribution in [0.4, 0.5) is 0 Å². The van der Waals surface area contributed by atoms with Gasteiger partial charge in [0.2, 0.25) is 10.5 Å². The van der Waals surface area contributed by atoms with E-state index in [1.165, 1.54) is 0 Å². The van der Waals surface area contributed by atoms with E-state index in [-0.39, 0.29) is 6.10 Å². The first-order valence-electron chi connectivity index (χ1n) is 7.81. The second-order valence-electron chi connectivity index (χ2n) is 5.37. The lowest BCUT2D eigenvalue weighted by Gasteiger charge is -2.13. The monoisotopic (exact) mass is 364 g/mol. The molecule has 0 amide bonds. The summed E-state index contributed by atoms with van der Waals surface area (Å²) >= 11 is 5.27. The van der Waals surface area contributed by atoms with Crippen molar-refractivity contribution < 1.29 is 18.9 Å². The van der Waals surface area contributed by atoms with Gasteiger partial charge in [-0.3, -0.25) is 5.10 Å². The lowest BCUT2D eigenvalue weighted by atomic mass is 10.2. The fraction of sp³-hybridized carbons (Fsp3) is 0.438. The summed E-state index contributed by atoms with van der Waals surface area (Å²) in [5.74, 6) is 2.28. The van der Waals surface area contributed by atoms with Crippen molar-refractivity contribution >= 4 is 18.4 Å². The summed E-state index contributed by atoms with van der Waals surface area (Å²) in [6, 6.07) is 3.62. The highest BCUT2D eigenvalue weighted by Crippen LogP contribution is 2.39. The first-order valence-corrected chi connectivity index (χ1v) is 8.22. The van der Waals surface area contributed by atoms with Gasteiger partial charge in [-0.05, 0) is 37.2 Å². The normalized spacial score (nSPS) is 17.2. The van der Waals surface area contributed by atoms with E-state index in [4.69, 9.17) is 31.2 Å². The Kier molecular flexibility index (Phi) is 5.34. The molecule has 0 aliphatic carbocycles. The fourth-order valence-electron chi connectivity index (χ4n) is 2.75. The molecule has 2 heterocycles. The molecule has 1 fully saturated rings. The van der Waals surface area contributed by atoms with Crippen LogP contribution in [0.2, 0.25) is 0 Å². The van der Waals surface area contributed by atoms with E-state index in [0.29, 0.717) is 27.8 Å². The maximum Gasteiger partial charge on any atom is 0.216 e. The van der Waals surface area contributed by atoms with Gasteiger partial charge in [0.05, 0.1) is 27.5 Å². The minimum absolute atomic E-state index is 0.0996. The summed E-state index contributed by atoms with van der Waals surface area (Å²) in [6.07, 6.45) is 3.44. The molecule has 1 aromatic heterocycles. The van der Waals surface area contributed by atoms with Crippen molar-refractivity contribution in [2.45, 2.75) is 18.9 Å². The van der Waals surface area contributed by atoms with Gasteiger partial charge >= 0.3 is 0 Å². The average molecular weight is 364 g/mol. The number of H-pyrrole nitrogens is 1. The van der Waals surface area contributed by atoms with Gasteiger partial charge in [-0.2, -0.15) is 14.9 Å². The fourth-order valence-corrected chi connectivity index (χ4v) is 2.94. The highest BCUT2D eigenvalue weighted by Gasteiger charge is 2.23. The minimum Gasteiger partial charge on any atom is -0.493 e. The van der Waals surface area contributed by atoms with Crippen molar-refractivity contribution in [3.05, 3.63) is 28.3 Å². The quantitative estimate of drug-likeness (QED) is 0.627. The lowest BCUT2D eigenvalue weighted by Crippen LogP contribution is -2.06. The van der Waals surface area contributed by atoms with Crippen molar-refractivity contribution in [3.8, 4) is 17.2 Å². The molecule has 0 unspecified atom stereocenters. The first-order chi connectivity index (χ1) is 12.2. The third kappa shape index (κ3) is 3.38. The van der Waals surface area contributed by atoms with Crippen molar-refractivity contribution in [2.75, 3.05) is 27.9 Å². The molecule has 134 valence electrons. The predicted molar refractivity (Wildman–Crippen MR) is 94.4 cm³/mol. The topological polar surface area (TPSA) is 82.9 Å². The zero-order chi connectivity index (χ0) is 17.8. The Morgan fingerprint density at radius 3 is 2.72 bits per heavy atom. The van der Waals surface area contributed by atoms with Crippen LogP contribution < -0.4 is 14.2 Å². The molecule has 0 saturated carbocycles. The Hall–Kier alpha value is -2.39. The molecule has 0 bridgehead atoms. The molecule has 8 nitrogen and oxygen atoms in total. The largest absolute Gasteiger partial charge is 0.493 e. The molecule has 0 radical (unpaired) electrons. The molecule has 1 aromatic carbocycles. The summed E-state index contributed by atoms with van der Waals surface area (Å²) in [4.78, 5) is 0. The van der Waals surface area contributed by atoms with Gasteiger partial charge in [0.1, 0.15) is 6.10 Å². The van der Waals surface area contributed by atoms with Crippen LogP contribution in [0.15, 0.2) is 17.2 Å². The van der Waals surface area contributed by atoms with E-state index in [1.54, 1.807) is 38.3 Å². The summed E-state index contributed by atoms with van der Waals surface area (Å²) in [5.41, 5.74) is 0.724. The van der Waals surface area contributed by atoms with Crippen LogP contribution in [0, 0.1) is 4.77 Å². The first kappa shape index (κ1) is 17.4. The smallest absolute Gasteiger partial charge is 0.216 e. The Morgan fingerprint density at radius 2 is 2.08 bits per heavy atom. The maximum absolute atomic E-state index is 5.67. The highest BCUT2D eigenvalue weighted by molar-refractivity contribution is 7.71. The van der Waals surface area contributed by atoms with Gasteiger partial charge in [-0.15, -0.1) is 0 Å². The van der Waals surface area contributed by atoms with E-state index in [1.807, 2.05) is 6.07 Å².